The zero-order chi connectivity index (χ0) is 13.8. The maximum Gasteiger partial charge on any atom is 0.225 e. The van der Waals surface area contributed by atoms with E-state index in [2.05, 4.69) is 10.6 Å². The van der Waals surface area contributed by atoms with Crippen LogP contribution in [0.5, 0.6) is 0 Å². The molecule has 1 fully saturated rings. The molecule has 4 heteroatoms. The van der Waals surface area contributed by atoms with Crippen LogP contribution in [-0.4, -0.2) is 18.5 Å². The summed E-state index contributed by atoms with van der Waals surface area (Å²) in [5, 5.41) is 6.22. The molecule has 3 nitrogen and oxygen atoms in total. The summed E-state index contributed by atoms with van der Waals surface area (Å²) in [6.45, 7) is 4.81. The van der Waals surface area contributed by atoms with Gasteiger partial charge in [-0.2, -0.15) is 0 Å². The lowest BCUT2D eigenvalue weighted by Gasteiger charge is -2.30. The van der Waals surface area contributed by atoms with E-state index in [1.165, 1.54) is 6.07 Å². The Hall–Kier alpha value is -1.42. The van der Waals surface area contributed by atoms with Gasteiger partial charge >= 0.3 is 0 Å². The molecule has 3 atom stereocenters. The van der Waals surface area contributed by atoms with E-state index in [0.29, 0.717) is 5.56 Å². The van der Waals surface area contributed by atoms with Crippen LogP contribution < -0.4 is 10.6 Å². The number of hydrogen-bond donors (Lipinski definition) is 2. The van der Waals surface area contributed by atoms with Gasteiger partial charge in [-0.25, -0.2) is 4.39 Å². The summed E-state index contributed by atoms with van der Waals surface area (Å²) in [5.74, 6) is -0.288. The van der Waals surface area contributed by atoms with Crippen LogP contribution in [0, 0.1) is 11.7 Å². The predicted octanol–water partition coefficient (Wildman–Crippen LogP) is 2.39. The highest BCUT2D eigenvalue weighted by Crippen LogP contribution is 2.20. The minimum absolute atomic E-state index is 0.00968. The maximum absolute atomic E-state index is 13.6. The highest BCUT2D eigenvalue weighted by Gasteiger charge is 2.28. The van der Waals surface area contributed by atoms with Crippen LogP contribution in [0.1, 0.15) is 38.3 Å². The molecule has 1 heterocycles. The molecular formula is C15H21FN2O. The van der Waals surface area contributed by atoms with Gasteiger partial charge in [0.25, 0.3) is 0 Å². The number of amides is 1. The van der Waals surface area contributed by atoms with Gasteiger partial charge in [0, 0.05) is 11.6 Å². The Labute approximate surface area is 113 Å². The number of rotatable bonds is 3. The maximum atomic E-state index is 13.6. The molecule has 104 valence electrons. The first-order valence-corrected chi connectivity index (χ1v) is 6.87. The molecule has 0 spiro atoms. The first-order valence-electron chi connectivity index (χ1n) is 6.87. The van der Waals surface area contributed by atoms with Gasteiger partial charge in [0.05, 0.1) is 12.0 Å². The summed E-state index contributed by atoms with van der Waals surface area (Å²) in [6.07, 6.45) is 1.90. The summed E-state index contributed by atoms with van der Waals surface area (Å²) in [5.41, 5.74) is 0.535. The van der Waals surface area contributed by atoms with E-state index in [9.17, 15) is 9.18 Å². The highest BCUT2D eigenvalue weighted by atomic mass is 19.1. The number of piperidine rings is 1. The molecule has 2 N–H and O–H groups in total. The van der Waals surface area contributed by atoms with Gasteiger partial charge in [-0.05, 0) is 39.3 Å². The van der Waals surface area contributed by atoms with Crippen LogP contribution in [0.15, 0.2) is 24.3 Å². The third kappa shape index (κ3) is 3.32. The second-order valence-corrected chi connectivity index (χ2v) is 5.24. The Bertz CT molecular complexity index is 450. The standard InChI is InChI=1S/C15H21FN2O/c1-10-13(7-5-9-17-10)15(19)18-11(2)12-6-3-4-8-14(12)16/h3-4,6,8,10-11,13,17H,5,7,9H2,1-2H3,(H,18,19). The highest BCUT2D eigenvalue weighted by molar-refractivity contribution is 5.79. The number of halogens is 1. The molecule has 0 bridgehead atoms. The lowest BCUT2D eigenvalue weighted by atomic mass is 9.91. The molecule has 1 saturated heterocycles. The van der Waals surface area contributed by atoms with E-state index in [1.54, 1.807) is 18.2 Å². The largest absolute Gasteiger partial charge is 0.349 e. The Morgan fingerprint density at radius 1 is 1.47 bits per heavy atom. The number of carbonyl (C=O) groups is 1. The minimum atomic E-state index is -0.303. The molecule has 1 amide bonds. The third-order valence-electron chi connectivity index (χ3n) is 3.83. The zero-order valence-corrected chi connectivity index (χ0v) is 11.4. The molecule has 1 aromatic carbocycles. The molecule has 1 aromatic rings. The summed E-state index contributed by atoms with van der Waals surface area (Å²) in [6, 6.07) is 6.45. The van der Waals surface area contributed by atoms with Gasteiger partial charge < -0.3 is 10.6 Å². The second kappa shape index (κ2) is 6.15. The summed E-state index contributed by atoms with van der Waals surface area (Å²) in [4.78, 5) is 12.2. The number of benzene rings is 1. The fraction of sp³-hybridized carbons (Fsp3) is 0.533. The van der Waals surface area contributed by atoms with Crippen molar-refractivity contribution in [3.8, 4) is 0 Å². The molecule has 19 heavy (non-hydrogen) atoms. The normalized spacial score (nSPS) is 24.8. The van der Waals surface area contributed by atoms with E-state index < -0.39 is 0 Å². The van der Waals surface area contributed by atoms with Crippen LogP contribution in [0.3, 0.4) is 0 Å². The smallest absolute Gasteiger partial charge is 0.225 e. The van der Waals surface area contributed by atoms with E-state index in [0.717, 1.165) is 19.4 Å². The molecular weight excluding hydrogens is 243 g/mol. The van der Waals surface area contributed by atoms with Crippen LogP contribution in [0.2, 0.25) is 0 Å². The van der Waals surface area contributed by atoms with Crippen molar-refractivity contribution in [1.29, 1.82) is 0 Å². The fourth-order valence-corrected chi connectivity index (χ4v) is 2.63. The zero-order valence-electron chi connectivity index (χ0n) is 11.4. The number of nitrogens with one attached hydrogen (secondary N) is 2. The van der Waals surface area contributed by atoms with Crippen molar-refractivity contribution < 1.29 is 9.18 Å². The average molecular weight is 264 g/mol. The van der Waals surface area contributed by atoms with Crippen molar-refractivity contribution in [2.75, 3.05) is 6.54 Å². The van der Waals surface area contributed by atoms with Gasteiger partial charge in [0.2, 0.25) is 5.91 Å². The number of hydrogen-bond acceptors (Lipinski definition) is 2. The van der Waals surface area contributed by atoms with Gasteiger partial charge in [-0.3, -0.25) is 4.79 Å². The van der Waals surface area contributed by atoms with E-state index in [4.69, 9.17) is 0 Å². The molecule has 1 aliphatic heterocycles. The Kier molecular flexibility index (Phi) is 4.53. The topological polar surface area (TPSA) is 41.1 Å². The van der Waals surface area contributed by atoms with Crippen LogP contribution in [0.25, 0.3) is 0 Å². The van der Waals surface area contributed by atoms with Crippen molar-refractivity contribution in [2.24, 2.45) is 5.92 Å². The monoisotopic (exact) mass is 264 g/mol. The van der Waals surface area contributed by atoms with Gasteiger partial charge in [-0.1, -0.05) is 18.2 Å². The first-order chi connectivity index (χ1) is 9.09. The van der Waals surface area contributed by atoms with Crippen molar-refractivity contribution in [1.82, 2.24) is 10.6 Å². The van der Waals surface area contributed by atoms with Gasteiger partial charge in [0.15, 0.2) is 0 Å². The van der Waals surface area contributed by atoms with E-state index in [-0.39, 0.29) is 29.7 Å². The van der Waals surface area contributed by atoms with Crippen LogP contribution in [0.4, 0.5) is 4.39 Å². The van der Waals surface area contributed by atoms with Gasteiger partial charge in [0.1, 0.15) is 5.82 Å². The van der Waals surface area contributed by atoms with Crippen molar-refractivity contribution >= 4 is 5.91 Å². The quantitative estimate of drug-likeness (QED) is 0.880. The summed E-state index contributed by atoms with van der Waals surface area (Å²) in [7, 11) is 0. The molecule has 1 aliphatic rings. The predicted molar refractivity (Wildman–Crippen MR) is 73.1 cm³/mol. The van der Waals surface area contributed by atoms with Crippen LogP contribution >= 0.6 is 0 Å². The molecule has 0 radical (unpaired) electrons. The second-order valence-electron chi connectivity index (χ2n) is 5.24. The minimum Gasteiger partial charge on any atom is -0.349 e. The molecule has 0 saturated carbocycles. The van der Waals surface area contributed by atoms with Crippen LogP contribution in [-0.2, 0) is 4.79 Å². The first kappa shape index (κ1) is 14.0. The van der Waals surface area contributed by atoms with Crippen molar-refractivity contribution in [3.63, 3.8) is 0 Å². The molecule has 2 rings (SSSR count). The summed E-state index contributed by atoms with van der Waals surface area (Å²) < 4.78 is 13.6. The lowest BCUT2D eigenvalue weighted by Crippen LogP contribution is -2.47. The van der Waals surface area contributed by atoms with Gasteiger partial charge in [-0.15, -0.1) is 0 Å². The lowest BCUT2D eigenvalue weighted by molar-refractivity contribution is -0.127. The number of carbonyl (C=O) groups excluding carboxylic acids is 1. The molecule has 0 aromatic heterocycles. The molecule has 0 aliphatic carbocycles. The summed E-state index contributed by atoms with van der Waals surface area (Å²) >= 11 is 0. The van der Waals surface area contributed by atoms with E-state index in [1.807, 2.05) is 13.8 Å². The van der Waals surface area contributed by atoms with Crippen molar-refractivity contribution in [2.45, 2.75) is 38.8 Å². The Morgan fingerprint density at radius 2 is 2.21 bits per heavy atom. The average Bonchev–Trinajstić information content (AvgIpc) is 2.39. The van der Waals surface area contributed by atoms with Crippen molar-refractivity contribution in [3.05, 3.63) is 35.6 Å². The molecule has 3 unspecified atom stereocenters. The SMILES string of the molecule is CC(NC(=O)C1CCCNC1C)c1ccccc1F. The fourth-order valence-electron chi connectivity index (χ4n) is 2.63. The Morgan fingerprint density at radius 3 is 2.89 bits per heavy atom. The Balaban J connectivity index is 2.00. The third-order valence-corrected chi connectivity index (χ3v) is 3.83. The van der Waals surface area contributed by atoms with E-state index >= 15 is 0 Å².